The normalized spacial score (nSPS) is 13.3. The van der Waals surface area contributed by atoms with Crippen molar-refractivity contribution in [3.63, 3.8) is 0 Å². The number of benzene rings is 3. The van der Waals surface area contributed by atoms with Gasteiger partial charge in [0.15, 0.2) is 0 Å². The standard InChI is InChI=1S/C40H50N2O6/c1-4-6-9-19-35(24-31-15-10-7-11-16-31)40(46)48-30(3)27-41-39(45)34(14-5-2)26-38(44)42-36(28-43)25-32-20-22-37(23-21-32)47-29-33-17-12-8-13-18-33/h4-5,7-8,10-13,15-18,20-23,30,34-36,43H,1-2,6,9,14,19,24-29H2,3H3,(H,41,45)(H,42,44)/t30-,34+,35+,36-/m0/s1. The SMILES string of the molecule is C=CCCC[C@H](Cc1ccccc1)C(=O)O[C@@H](C)CNC(=O)[C@H](CC=C)CC(=O)N[C@H](CO)Cc1ccc(OCc2ccccc2)cc1. The van der Waals surface area contributed by atoms with Crippen molar-refractivity contribution in [3.8, 4) is 5.75 Å². The summed E-state index contributed by atoms with van der Waals surface area (Å²) in [7, 11) is 0. The first-order valence-electron chi connectivity index (χ1n) is 16.7. The number of hydrogen-bond donors (Lipinski definition) is 3. The Bertz CT molecular complexity index is 1410. The van der Waals surface area contributed by atoms with Crippen molar-refractivity contribution in [2.24, 2.45) is 11.8 Å². The summed E-state index contributed by atoms with van der Waals surface area (Å²) in [6.07, 6.45) is 6.45. The highest BCUT2D eigenvalue weighted by Crippen LogP contribution is 2.19. The van der Waals surface area contributed by atoms with Crippen LogP contribution < -0.4 is 15.4 Å². The van der Waals surface area contributed by atoms with E-state index in [0.29, 0.717) is 32.3 Å². The van der Waals surface area contributed by atoms with Crippen molar-refractivity contribution in [2.45, 2.75) is 70.6 Å². The second kappa shape index (κ2) is 21.2. The smallest absolute Gasteiger partial charge is 0.309 e. The molecule has 0 fully saturated rings. The number of rotatable bonds is 22. The van der Waals surface area contributed by atoms with Gasteiger partial charge in [-0.15, -0.1) is 13.2 Å². The van der Waals surface area contributed by atoms with Gasteiger partial charge < -0.3 is 25.2 Å². The number of nitrogens with one attached hydrogen (secondary N) is 2. The summed E-state index contributed by atoms with van der Waals surface area (Å²) in [6, 6.07) is 26.8. The molecule has 3 aromatic carbocycles. The molecule has 0 saturated carbocycles. The van der Waals surface area contributed by atoms with Gasteiger partial charge in [-0.2, -0.15) is 0 Å². The third-order valence-corrected chi connectivity index (χ3v) is 7.99. The van der Waals surface area contributed by atoms with Crippen LogP contribution in [0.3, 0.4) is 0 Å². The molecule has 256 valence electrons. The molecule has 3 aromatic rings. The fourth-order valence-corrected chi connectivity index (χ4v) is 5.34. The highest BCUT2D eigenvalue weighted by Gasteiger charge is 2.25. The van der Waals surface area contributed by atoms with E-state index >= 15 is 0 Å². The number of aliphatic hydroxyl groups excluding tert-OH is 1. The van der Waals surface area contributed by atoms with Crippen molar-refractivity contribution in [1.29, 1.82) is 0 Å². The Morgan fingerprint density at radius 1 is 0.833 bits per heavy atom. The number of carbonyl (C=O) groups is 3. The van der Waals surface area contributed by atoms with Gasteiger partial charge in [-0.25, -0.2) is 0 Å². The Morgan fingerprint density at radius 2 is 1.48 bits per heavy atom. The van der Waals surface area contributed by atoms with Gasteiger partial charge in [0.2, 0.25) is 11.8 Å². The molecule has 0 unspecified atom stereocenters. The number of unbranched alkanes of at least 4 members (excludes halogenated alkanes) is 1. The molecule has 8 nitrogen and oxygen atoms in total. The van der Waals surface area contributed by atoms with Crippen LogP contribution in [0.25, 0.3) is 0 Å². The monoisotopic (exact) mass is 654 g/mol. The molecule has 3 N–H and O–H groups in total. The van der Waals surface area contributed by atoms with E-state index in [0.717, 1.165) is 35.3 Å². The maximum Gasteiger partial charge on any atom is 0.309 e. The lowest BCUT2D eigenvalue weighted by Gasteiger charge is -2.22. The maximum absolute atomic E-state index is 13.1. The summed E-state index contributed by atoms with van der Waals surface area (Å²) in [5, 5.41) is 15.7. The summed E-state index contributed by atoms with van der Waals surface area (Å²) in [5.41, 5.74) is 3.07. The Morgan fingerprint density at radius 3 is 2.10 bits per heavy atom. The van der Waals surface area contributed by atoms with Crippen molar-refractivity contribution in [3.05, 3.63) is 127 Å². The first kappa shape index (κ1) is 37.8. The molecule has 0 aliphatic carbocycles. The predicted molar refractivity (Wildman–Crippen MR) is 189 cm³/mol. The molecule has 0 heterocycles. The van der Waals surface area contributed by atoms with Crippen molar-refractivity contribution in [2.75, 3.05) is 13.2 Å². The summed E-state index contributed by atoms with van der Waals surface area (Å²) in [6.45, 7) is 9.58. The molecule has 3 rings (SSSR count). The number of carbonyl (C=O) groups excluding carboxylic acids is 3. The van der Waals surface area contributed by atoms with Crippen LogP contribution in [0.4, 0.5) is 0 Å². The zero-order chi connectivity index (χ0) is 34.6. The van der Waals surface area contributed by atoms with Crippen molar-refractivity contribution >= 4 is 17.8 Å². The first-order chi connectivity index (χ1) is 23.3. The fourth-order valence-electron chi connectivity index (χ4n) is 5.34. The highest BCUT2D eigenvalue weighted by molar-refractivity contribution is 5.86. The highest BCUT2D eigenvalue weighted by atomic mass is 16.5. The number of esters is 1. The molecule has 0 spiro atoms. The molecule has 0 bridgehead atoms. The Kier molecular flexibility index (Phi) is 16.7. The quantitative estimate of drug-likeness (QED) is 0.0683. The maximum atomic E-state index is 13.1. The summed E-state index contributed by atoms with van der Waals surface area (Å²) >= 11 is 0. The number of aliphatic hydroxyl groups is 1. The predicted octanol–water partition coefficient (Wildman–Crippen LogP) is 6.13. The van der Waals surface area contributed by atoms with E-state index in [1.54, 1.807) is 13.0 Å². The van der Waals surface area contributed by atoms with Crippen LogP contribution in [-0.2, 0) is 38.6 Å². The molecule has 0 aromatic heterocycles. The molecule has 8 heteroatoms. The van der Waals surface area contributed by atoms with Crippen molar-refractivity contribution < 1.29 is 29.0 Å². The van der Waals surface area contributed by atoms with Crippen LogP contribution in [0, 0.1) is 11.8 Å². The Labute approximate surface area is 285 Å². The molecule has 0 radical (unpaired) electrons. The molecule has 0 aliphatic rings. The zero-order valence-electron chi connectivity index (χ0n) is 28.0. The minimum absolute atomic E-state index is 0.0722. The van der Waals surface area contributed by atoms with Crippen LogP contribution >= 0.6 is 0 Å². The third kappa shape index (κ3) is 14.0. The number of hydrogen-bond acceptors (Lipinski definition) is 6. The Hall–Kier alpha value is -4.69. The molecular formula is C40H50N2O6. The lowest BCUT2D eigenvalue weighted by Crippen LogP contribution is -2.42. The van der Waals surface area contributed by atoms with Gasteiger partial charge in [0, 0.05) is 6.42 Å². The van der Waals surface area contributed by atoms with Crippen LogP contribution in [-0.4, -0.2) is 48.2 Å². The molecule has 48 heavy (non-hydrogen) atoms. The van der Waals surface area contributed by atoms with E-state index in [1.807, 2.05) is 91.0 Å². The number of allylic oxidation sites excluding steroid dienone is 2. The fraction of sp³-hybridized carbons (Fsp3) is 0.375. The van der Waals surface area contributed by atoms with E-state index in [2.05, 4.69) is 23.8 Å². The number of ether oxygens (including phenoxy) is 2. The van der Waals surface area contributed by atoms with Gasteiger partial charge in [-0.3, -0.25) is 14.4 Å². The molecule has 4 atom stereocenters. The lowest BCUT2D eigenvalue weighted by atomic mass is 9.94. The second-order valence-electron chi connectivity index (χ2n) is 12.1. The van der Waals surface area contributed by atoms with Crippen LogP contribution in [0.2, 0.25) is 0 Å². The molecule has 0 saturated heterocycles. The Balaban J connectivity index is 1.46. The van der Waals surface area contributed by atoms with Gasteiger partial charge in [-0.1, -0.05) is 84.9 Å². The third-order valence-electron chi connectivity index (χ3n) is 7.99. The van der Waals surface area contributed by atoms with E-state index in [9.17, 15) is 19.5 Å². The van der Waals surface area contributed by atoms with Gasteiger partial charge in [0.1, 0.15) is 18.5 Å². The second-order valence-corrected chi connectivity index (χ2v) is 12.1. The van der Waals surface area contributed by atoms with Gasteiger partial charge >= 0.3 is 5.97 Å². The van der Waals surface area contributed by atoms with Crippen molar-refractivity contribution in [1.82, 2.24) is 10.6 Å². The van der Waals surface area contributed by atoms with Crippen LogP contribution in [0.15, 0.2) is 110 Å². The summed E-state index contributed by atoms with van der Waals surface area (Å²) in [5.74, 6) is -1.20. The zero-order valence-corrected chi connectivity index (χ0v) is 28.0. The van der Waals surface area contributed by atoms with E-state index in [4.69, 9.17) is 9.47 Å². The number of amides is 2. The average molecular weight is 655 g/mol. The molecular weight excluding hydrogens is 604 g/mol. The van der Waals surface area contributed by atoms with Gasteiger partial charge in [0.05, 0.1) is 31.0 Å². The minimum Gasteiger partial charge on any atom is -0.489 e. The lowest BCUT2D eigenvalue weighted by molar-refractivity contribution is -0.153. The first-order valence-corrected chi connectivity index (χ1v) is 16.7. The van der Waals surface area contributed by atoms with Gasteiger partial charge in [0.25, 0.3) is 0 Å². The average Bonchev–Trinajstić information content (AvgIpc) is 3.10. The van der Waals surface area contributed by atoms with E-state index < -0.39 is 18.1 Å². The van der Waals surface area contributed by atoms with Gasteiger partial charge in [-0.05, 0) is 74.3 Å². The largest absolute Gasteiger partial charge is 0.489 e. The van der Waals surface area contributed by atoms with E-state index in [-0.39, 0.29) is 43.3 Å². The van der Waals surface area contributed by atoms with E-state index in [1.165, 1.54) is 0 Å². The minimum atomic E-state index is -0.657. The topological polar surface area (TPSA) is 114 Å². The van der Waals surface area contributed by atoms with Crippen LogP contribution in [0.1, 0.15) is 55.7 Å². The summed E-state index contributed by atoms with van der Waals surface area (Å²) < 4.78 is 11.6. The molecule has 0 aliphatic heterocycles. The summed E-state index contributed by atoms with van der Waals surface area (Å²) in [4.78, 5) is 39.1. The molecule has 2 amide bonds. The van der Waals surface area contributed by atoms with Crippen LogP contribution in [0.5, 0.6) is 5.75 Å².